The topological polar surface area (TPSA) is 79.1 Å². The number of carbonyl (C=O) groups is 2. The second kappa shape index (κ2) is 9.45. The Morgan fingerprint density at radius 2 is 1.65 bits per heavy atom. The molecule has 2 aromatic rings. The Morgan fingerprint density at radius 3 is 2.29 bits per heavy atom. The molecule has 2 aliphatic rings. The van der Waals surface area contributed by atoms with Gasteiger partial charge >= 0.3 is 0 Å². The Hall–Kier alpha value is -2.97. The lowest BCUT2D eigenvalue weighted by molar-refractivity contribution is -0.140. The highest BCUT2D eigenvalue weighted by Gasteiger charge is 2.27. The summed E-state index contributed by atoms with van der Waals surface area (Å²) in [4.78, 5) is 30.3. The van der Waals surface area contributed by atoms with E-state index in [0.29, 0.717) is 31.8 Å². The number of benzene rings is 2. The fraction of sp³-hybridized carbons (Fsp3) is 0.391. The predicted molar refractivity (Wildman–Crippen MR) is 115 cm³/mol. The molecule has 2 amide bonds. The molecule has 2 heterocycles. The van der Waals surface area contributed by atoms with Crippen molar-refractivity contribution in [1.82, 2.24) is 9.80 Å². The molecule has 1 unspecified atom stereocenters. The molecule has 0 spiro atoms. The number of ether oxygens (including phenoxy) is 1. The molecule has 2 saturated heterocycles. The van der Waals surface area contributed by atoms with Crippen LogP contribution in [0.15, 0.2) is 48.5 Å². The smallest absolute Gasteiger partial charge is 0.248 e. The van der Waals surface area contributed by atoms with Crippen molar-refractivity contribution in [3.8, 4) is 0 Å². The summed E-state index contributed by atoms with van der Waals surface area (Å²) in [5, 5.41) is 0. The van der Waals surface area contributed by atoms with Gasteiger partial charge in [0, 0.05) is 44.0 Å². The maximum absolute atomic E-state index is 13.2. The highest BCUT2D eigenvalue weighted by molar-refractivity contribution is 5.93. The molecule has 0 saturated carbocycles. The first-order valence-electron chi connectivity index (χ1n) is 10.5. The fourth-order valence-corrected chi connectivity index (χ4v) is 4.05. The molecule has 1 atom stereocenters. The number of halogens is 1. The van der Waals surface area contributed by atoms with E-state index in [0.717, 1.165) is 37.4 Å². The van der Waals surface area contributed by atoms with Gasteiger partial charge < -0.3 is 20.3 Å². The minimum atomic E-state index is -0.431. The van der Waals surface area contributed by atoms with Crippen molar-refractivity contribution in [3.63, 3.8) is 0 Å². The maximum Gasteiger partial charge on any atom is 0.248 e. The number of piperazine rings is 1. The minimum Gasteiger partial charge on any atom is -0.370 e. The van der Waals surface area contributed by atoms with Crippen LogP contribution in [-0.4, -0.2) is 74.0 Å². The van der Waals surface area contributed by atoms with Crippen LogP contribution in [0.1, 0.15) is 22.0 Å². The molecule has 0 bridgehead atoms. The van der Waals surface area contributed by atoms with Crippen molar-refractivity contribution in [1.29, 1.82) is 0 Å². The van der Waals surface area contributed by atoms with Crippen LogP contribution < -0.4 is 10.6 Å². The van der Waals surface area contributed by atoms with Crippen molar-refractivity contribution in [2.24, 2.45) is 5.73 Å². The van der Waals surface area contributed by atoms with Crippen molar-refractivity contribution in [2.75, 3.05) is 57.3 Å². The molecule has 4 rings (SSSR count). The van der Waals surface area contributed by atoms with Gasteiger partial charge in [-0.25, -0.2) is 4.39 Å². The van der Waals surface area contributed by atoms with Crippen molar-refractivity contribution in [2.45, 2.75) is 6.10 Å². The number of rotatable bonds is 5. The summed E-state index contributed by atoms with van der Waals surface area (Å²) >= 11 is 0. The first-order chi connectivity index (χ1) is 15.0. The van der Waals surface area contributed by atoms with Gasteiger partial charge in [0.25, 0.3) is 0 Å². The van der Waals surface area contributed by atoms with Crippen LogP contribution in [0.25, 0.3) is 0 Å². The maximum atomic E-state index is 13.2. The average Bonchev–Trinajstić information content (AvgIpc) is 2.80. The first-order valence-corrected chi connectivity index (χ1v) is 10.5. The summed E-state index contributed by atoms with van der Waals surface area (Å²) in [6.07, 6.45) is -0.224. The van der Waals surface area contributed by atoms with Crippen LogP contribution in [0.5, 0.6) is 0 Å². The lowest BCUT2D eigenvalue weighted by Crippen LogP contribution is -2.51. The number of hydrogen-bond acceptors (Lipinski definition) is 5. The van der Waals surface area contributed by atoms with Crippen molar-refractivity contribution in [3.05, 3.63) is 65.5 Å². The number of anilines is 1. The van der Waals surface area contributed by atoms with Gasteiger partial charge in [-0.2, -0.15) is 0 Å². The summed E-state index contributed by atoms with van der Waals surface area (Å²) in [5.41, 5.74) is 7.73. The summed E-state index contributed by atoms with van der Waals surface area (Å²) in [7, 11) is 0. The van der Waals surface area contributed by atoms with Crippen LogP contribution in [0.4, 0.5) is 10.1 Å². The molecule has 0 aliphatic carbocycles. The number of primary amides is 1. The third kappa shape index (κ3) is 5.21. The second-order valence-corrected chi connectivity index (χ2v) is 7.93. The van der Waals surface area contributed by atoms with E-state index in [9.17, 15) is 14.0 Å². The Morgan fingerprint density at radius 1 is 0.968 bits per heavy atom. The number of morpholine rings is 1. The third-order valence-electron chi connectivity index (χ3n) is 5.91. The van der Waals surface area contributed by atoms with Crippen LogP contribution in [0.2, 0.25) is 0 Å². The molecule has 7 nitrogen and oxygen atoms in total. The van der Waals surface area contributed by atoms with E-state index < -0.39 is 5.91 Å². The number of nitrogens with zero attached hydrogens (tertiary/aromatic N) is 3. The largest absolute Gasteiger partial charge is 0.370 e. The average molecular weight is 426 g/mol. The van der Waals surface area contributed by atoms with Crippen LogP contribution in [0.3, 0.4) is 0 Å². The number of amides is 2. The van der Waals surface area contributed by atoms with E-state index in [2.05, 4.69) is 9.80 Å². The zero-order valence-corrected chi connectivity index (χ0v) is 17.4. The van der Waals surface area contributed by atoms with Gasteiger partial charge in [0.2, 0.25) is 11.8 Å². The second-order valence-electron chi connectivity index (χ2n) is 7.93. The molecule has 164 valence electrons. The van der Waals surface area contributed by atoms with E-state index in [-0.39, 0.29) is 17.8 Å². The van der Waals surface area contributed by atoms with Crippen LogP contribution in [-0.2, 0) is 9.53 Å². The molecular weight excluding hydrogens is 399 g/mol. The predicted octanol–water partition coefficient (Wildman–Crippen LogP) is 1.65. The highest BCUT2D eigenvalue weighted by Crippen LogP contribution is 2.23. The summed E-state index contributed by atoms with van der Waals surface area (Å²) in [6, 6.07) is 13.6. The molecule has 2 N–H and O–H groups in total. The van der Waals surface area contributed by atoms with Gasteiger partial charge in [0.1, 0.15) is 11.9 Å². The molecule has 2 aliphatic heterocycles. The standard InChI is InChI=1S/C23H27FN4O3/c24-19-5-1-17(2-6-19)21-15-28(13-14-31-21)22(29)16-26-9-11-27(12-10-26)20-7-3-18(4-8-20)23(25)30/h1-8,21H,9-16H2,(H2,25,30). The Bertz CT molecular complexity index is 911. The molecule has 8 heteroatoms. The van der Waals surface area contributed by atoms with Crippen LogP contribution >= 0.6 is 0 Å². The molecule has 2 aromatic carbocycles. The van der Waals surface area contributed by atoms with Crippen molar-refractivity contribution >= 4 is 17.5 Å². The molecule has 31 heavy (non-hydrogen) atoms. The van der Waals surface area contributed by atoms with Gasteiger partial charge in [-0.3, -0.25) is 14.5 Å². The monoisotopic (exact) mass is 426 g/mol. The van der Waals surface area contributed by atoms with Crippen LogP contribution in [0, 0.1) is 5.82 Å². The summed E-state index contributed by atoms with van der Waals surface area (Å²) in [5.74, 6) is -0.621. The molecule has 0 radical (unpaired) electrons. The Labute approximate surface area is 181 Å². The quantitative estimate of drug-likeness (QED) is 0.787. The first kappa shape index (κ1) is 21.3. The van der Waals surface area contributed by atoms with E-state index in [1.165, 1.54) is 12.1 Å². The van der Waals surface area contributed by atoms with Gasteiger partial charge in [-0.1, -0.05) is 12.1 Å². The number of carbonyl (C=O) groups excluding carboxylic acids is 2. The fourth-order valence-electron chi connectivity index (χ4n) is 4.05. The molecule has 0 aromatic heterocycles. The van der Waals surface area contributed by atoms with Gasteiger partial charge in [0.05, 0.1) is 19.7 Å². The van der Waals surface area contributed by atoms with Crippen molar-refractivity contribution < 1.29 is 18.7 Å². The summed E-state index contributed by atoms with van der Waals surface area (Å²) < 4.78 is 19.0. The third-order valence-corrected chi connectivity index (χ3v) is 5.91. The van der Waals surface area contributed by atoms with Gasteiger partial charge in [-0.15, -0.1) is 0 Å². The van der Waals surface area contributed by atoms with Gasteiger partial charge in [0.15, 0.2) is 0 Å². The van der Waals surface area contributed by atoms with E-state index in [4.69, 9.17) is 10.5 Å². The Kier molecular flexibility index (Phi) is 6.48. The van der Waals surface area contributed by atoms with E-state index in [1.807, 2.05) is 17.0 Å². The number of hydrogen-bond donors (Lipinski definition) is 1. The Balaban J connectivity index is 1.27. The number of nitrogens with two attached hydrogens (primary N) is 1. The zero-order valence-electron chi connectivity index (χ0n) is 17.4. The van der Waals surface area contributed by atoms with E-state index >= 15 is 0 Å². The molecule has 2 fully saturated rings. The summed E-state index contributed by atoms with van der Waals surface area (Å²) in [6.45, 7) is 5.10. The normalized spacial score (nSPS) is 20.0. The lowest BCUT2D eigenvalue weighted by atomic mass is 10.1. The van der Waals surface area contributed by atoms with Gasteiger partial charge in [-0.05, 0) is 42.0 Å². The zero-order chi connectivity index (χ0) is 21.8. The SMILES string of the molecule is NC(=O)c1ccc(N2CCN(CC(=O)N3CCOC(c4ccc(F)cc4)C3)CC2)cc1. The van der Waals surface area contributed by atoms with E-state index in [1.54, 1.807) is 24.3 Å². The lowest BCUT2D eigenvalue weighted by Gasteiger charge is -2.38. The minimum absolute atomic E-state index is 0.0923. The highest BCUT2D eigenvalue weighted by atomic mass is 19.1. The molecular formula is C23H27FN4O3.